The molecule has 4 rings (SSSR count). The van der Waals surface area contributed by atoms with Gasteiger partial charge in [-0.3, -0.25) is 4.79 Å². The molecule has 0 aromatic heterocycles. The van der Waals surface area contributed by atoms with Crippen LogP contribution in [0.25, 0.3) is 0 Å². The standard InChI is InChI=1S/C18H20O6/c1-9(19)10-2-4-12(5-3-10)22-8-15(20)23-16-11-6-13-14(7-11)18(21)24-17(13)16/h2-5,9,11,13-14,16-17,19H,6-8H2,1H3. The van der Waals surface area contributed by atoms with Crippen molar-refractivity contribution in [2.75, 3.05) is 6.61 Å². The number of benzene rings is 1. The molecule has 0 radical (unpaired) electrons. The lowest BCUT2D eigenvalue weighted by Crippen LogP contribution is -2.37. The Balaban J connectivity index is 1.31. The van der Waals surface area contributed by atoms with Gasteiger partial charge in [0, 0.05) is 11.8 Å². The van der Waals surface area contributed by atoms with E-state index in [4.69, 9.17) is 14.2 Å². The van der Waals surface area contributed by atoms with Crippen molar-refractivity contribution in [1.82, 2.24) is 0 Å². The highest BCUT2D eigenvalue weighted by Crippen LogP contribution is 2.55. The number of aliphatic hydroxyl groups excluding tert-OH is 1. The van der Waals surface area contributed by atoms with Gasteiger partial charge in [-0.05, 0) is 37.5 Å². The van der Waals surface area contributed by atoms with Gasteiger partial charge in [-0.2, -0.15) is 0 Å². The predicted octanol–water partition coefficient (Wildman–Crippen LogP) is 1.61. The number of ether oxygens (including phenoxy) is 3. The Bertz CT molecular complexity index is 652. The van der Waals surface area contributed by atoms with Gasteiger partial charge >= 0.3 is 11.9 Å². The highest BCUT2D eigenvalue weighted by molar-refractivity contribution is 5.77. The van der Waals surface area contributed by atoms with E-state index in [1.807, 2.05) is 0 Å². The van der Waals surface area contributed by atoms with Crippen molar-refractivity contribution in [3.8, 4) is 5.75 Å². The number of esters is 2. The zero-order valence-corrected chi connectivity index (χ0v) is 13.4. The number of fused-ring (bicyclic) bond motifs is 1. The Morgan fingerprint density at radius 3 is 2.79 bits per heavy atom. The lowest BCUT2D eigenvalue weighted by molar-refractivity contribution is -0.163. The van der Waals surface area contributed by atoms with Gasteiger partial charge in [-0.15, -0.1) is 0 Å². The molecule has 1 aromatic carbocycles. The minimum Gasteiger partial charge on any atom is -0.482 e. The van der Waals surface area contributed by atoms with E-state index in [2.05, 4.69) is 0 Å². The van der Waals surface area contributed by atoms with Crippen LogP contribution in [0.15, 0.2) is 24.3 Å². The normalized spacial score (nSPS) is 34.1. The molecule has 2 bridgehead atoms. The van der Waals surface area contributed by atoms with Crippen LogP contribution in [0.4, 0.5) is 0 Å². The highest BCUT2D eigenvalue weighted by Gasteiger charge is 2.63. The fraction of sp³-hybridized carbons (Fsp3) is 0.556. The van der Waals surface area contributed by atoms with Gasteiger partial charge in [0.25, 0.3) is 0 Å². The molecule has 1 saturated heterocycles. The lowest BCUT2D eigenvalue weighted by atomic mass is 9.88. The molecule has 6 heteroatoms. The van der Waals surface area contributed by atoms with Crippen molar-refractivity contribution in [3.05, 3.63) is 29.8 Å². The summed E-state index contributed by atoms with van der Waals surface area (Å²) >= 11 is 0. The zero-order chi connectivity index (χ0) is 16.8. The van der Waals surface area contributed by atoms with Gasteiger partial charge in [0.05, 0.1) is 12.0 Å². The van der Waals surface area contributed by atoms with Crippen LogP contribution in [0.2, 0.25) is 0 Å². The molecular formula is C18H20O6. The molecule has 6 atom stereocenters. The van der Waals surface area contributed by atoms with Crippen LogP contribution in [-0.2, 0) is 19.1 Å². The number of hydrogen-bond donors (Lipinski definition) is 1. The molecule has 1 N–H and O–H groups in total. The van der Waals surface area contributed by atoms with Gasteiger partial charge in [-0.25, -0.2) is 4.79 Å². The molecule has 6 nitrogen and oxygen atoms in total. The van der Waals surface area contributed by atoms with Crippen LogP contribution in [-0.4, -0.2) is 35.9 Å². The zero-order valence-electron chi connectivity index (χ0n) is 13.4. The second kappa shape index (κ2) is 5.77. The maximum Gasteiger partial charge on any atom is 0.344 e. The summed E-state index contributed by atoms with van der Waals surface area (Å²) in [6.07, 6.45) is 0.530. The van der Waals surface area contributed by atoms with E-state index in [1.165, 1.54) is 0 Å². The Hall–Kier alpha value is -2.08. The van der Waals surface area contributed by atoms with Crippen molar-refractivity contribution in [1.29, 1.82) is 0 Å². The smallest absolute Gasteiger partial charge is 0.344 e. The summed E-state index contributed by atoms with van der Waals surface area (Å²) in [5, 5.41) is 9.46. The van der Waals surface area contributed by atoms with Gasteiger partial charge in [0.1, 0.15) is 18.0 Å². The first-order valence-corrected chi connectivity index (χ1v) is 8.33. The molecule has 3 fully saturated rings. The summed E-state index contributed by atoms with van der Waals surface area (Å²) in [5.74, 6) is 0.405. The molecule has 128 valence electrons. The SMILES string of the molecule is CC(O)c1ccc(OCC(=O)OC2C3CC4C(=O)OC2C4C3)cc1. The second-order valence-electron chi connectivity index (χ2n) is 6.89. The third-order valence-electron chi connectivity index (χ3n) is 5.40. The molecule has 6 unspecified atom stereocenters. The molecule has 2 aliphatic carbocycles. The van der Waals surface area contributed by atoms with E-state index in [9.17, 15) is 14.7 Å². The van der Waals surface area contributed by atoms with Crippen LogP contribution >= 0.6 is 0 Å². The van der Waals surface area contributed by atoms with Crippen molar-refractivity contribution in [2.24, 2.45) is 17.8 Å². The van der Waals surface area contributed by atoms with E-state index in [0.29, 0.717) is 5.75 Å². The summed E-state index contributed by atoms with van der Waals surface area (Å²) in [5.41, 5.74) is 0.782. The molecule has 24 heavy (non-hydrogen) atoms. The van der Waals surface area contributed by atoms with E-state index >= 15 is 0 Å². The lowest BCUT2D eigenvalue weighted by Gasteiger charge is -2.25. The average Bonchev–Trinajstić information content (AvgIpc) is 3.18. The molecule has 0 spiro atoms. The molecule has 1 aliphatic heterocycles. The van der Waals surface area contributed by atoms with Gasteiger partial charge in [0.2, 0.25) is 0 Å². The third-order valence-corrected chi connectivity index (χ3v) is 5.40. The predicted molar refractivity (Wildman–Crippen MR) is 82.0 cm³/mol. The topological polar surface area (TPSA) is 82.1 Å². The Kier molecular flexibility index (Phi) is 3.72. The average molecular weight is 332 g/mol. The number of carbonyl (C=O) groups is 2. The first-order chi connectivity index (χ1) is 11.5. The van der Waals surface area contributed by atoms with Crippen LogP contribution in [0.5, 0.6) is 5.75 Å². The second-order valence-corrected chi connectivity index (χ2v) is 6.89. The molecule has 0 amide bonds. The van der Waals surface area contributed by atoms with Crippen LogP contribution in [0, 0.1) is 17.8 Å². The third kappa shape index (κ3) is 2.55. The number of hydrogen-bond acceptors (Lipinski definition) is 6. The first-order valence-electron chi connectivity index (χ1n) is 8.33. The van der Waals surface area contributed by atoms with Gasteiger partial charge in [0.15, 0.2) is 6.61 Å². The molecule has 3 aliphatic rings. The van der Waals surface area contributed by atoms with E-state index in [0.717, 1.165) is 18.4 Å². The van der Waals surface area contributed by atoms with Crippen molar-refractivity contribution >= 4 is 11.9 Å². The monoisotopic (exact) mass is 332 g/mol. The Labute approximate surface area is 139 Å². The Morgan fingerprint density at radius 1 is 1.33 bits per heavy atom. The number of rotatable bonds is 5. The fourth-order valence-corrected chi connectivity index (χ4v) is 4.24. The summed E-state index contributed by atoms with van der Waals surface area (Å²) < 4.78 is 16.3. The van der Waals surface area contributed by atoms with Crippen LogP contribution in [0.1, 0.15) is 31.4 Å². The van der Waals surface area contributed by atoms with Crippen LogP contribution < -0.4 is 4.74 Å². The maximum atomic E-state index is 12.1. The quantitative estimate of drug-likeness (QED) is 0.825. The summed E-state index contributed by atoms with van der Waals surface area (Å²) in [4.78, 5) is 23.8. The first kappa shape index (κ1) is 15.4. The van der Waals surface area contributed by atoms with Crippen LogP contribution in [0.3, 0.4) is 0 Å². The van der Waals surface area contributed by atoms with Crippen molar-refractivity contribution < 1.29 is 28.9 Å². The number of aliphatic hydroxyl groups is 1. The van der Waals surface area contributed by atoms with Crippen molar-refractivity contribution in [2.45, 2.75) is 38.1 Å². The van der Waals surface area contributed by atoms with E-state index in [1.54, 1.807) is 31.2 Å². The Morgan fingerprint density at radius 2 is 2.08 bits per heavy atom. The van der Waals surface area contributed by atoms with E-state index < -0.39 is 12.1 Å². The molecular weight excluding hydrogens is 312 g/mol. The minimum atomic E-state index is -0.542. The van der Waals surface area contributed by atoms with Gasteiger partial charge in [-0.1, -0.05) is 12.1 Å². The van der Waals surface area contributed by atoms with Gasteiger partial charge < -0.3 is 19.3 Å². The van der Waals surface area contributed by atoms with E-state index in [-0.39, 0.29) is 42.5 Å². The summed E-state index contributed by atoms with van der Waals surface area (Å²) in [6, 6.07) is 6.91. The summed E-state index contributed by atoms with van der Waals surface area (Å²) in [6.45, 7) is 1.49. The van der Waals surface area contributed by atoms with Crippen molar-refractivity contribution in [3.63, 3.8) is 0 Å². The highest BCUT2D eigenvalue weighted by atomic mass is 16.6. The largest absolute Gasteiger partial charge is 0.482 e. The number of carbonyl (C=O) groups excluding carboxylic acids is 2. The summed E-state index contributed by atoms with van der Waals surface area (Å²) in [7, 11) is 0. The molecule has 1 heterocycles. The fourth-order valence-electron chi connectivity index (χ4n) is 4.24. The molecule has 1 aromatic rings. The minimum absolute atomic E-state index is 0.0126. The molecule has 2 saturated carbocycles. The maximum absolute atomic E-state index is 12.1.